The number of hydrogen-bond donors (Lipinski definition) is 1. The number of fused-ring (bicyclic) bond motifs is 1. The van der Waals surface area contributed by atoms with Crippen LogP contribution in [0.25, 0.3) is 22.3 Å². The summed E-state index contributed by atoms with van der Waals surface area (Å²) in [6.45, 7) is 3.40. The molecular formula is C25H19NO4. The highest BCUT2D eigenvalue weighted by Crippen LogP contribution is 2.23. The Morgan fingerprint density at radius 2 is 1.63 bits per heavy atom. The Morgan fingerprint density at radius 3 is 2.37 bits per heavy atom. The average molecular weight is 397 g/mol. The molecule has 0 saturated carbocycles. The lowest BCUT2D eigenvalue weighted by Gasteiger charge is -2.08. The number of rotatable bonds is 4. The minimum absolute atomic E-state index is 0.0671. The molecule has 3 aromatic carbocycles. The van der Waals surface area contributed by atoms with Crippen LogP contribution < -0.4 is 10.7 Å². The summed E-state index contributed by atoms with van der Waals surface area (Å²) in [4.78, 5) is 36.5. The first-order valence-corrected chi connectivity index (χ1v) is 9.48. The maximum absolute atomic E-state index is 12.5. The van der Waals surface area contributed by atoms with Crippen LogP contribution in [0.3, 0.4) is 0 Å². The maximum atomic E-state index is 12.5. The fourth-order valence-corrected chi connectivity index (χ4v) is 3.22. The number of nitrogens with one attached hydrogen (secondary N) is 1. The van der Waals surface area contributed by atoms with Crippen LogP contribution in [0, 0.1) is 6.92 Å². The van der Waals surface area contributed by atoms with Gasteiger partial charge in [0.15, 0.2) is 11.2 Å². The Bertz CT molecular complexity index is 1330. The van der Waals surface area contributed by atoms with E-state index in [-0.39, 0.29) is 17.1 Å². The molecule has 1 N–H and O–H groups in total. The molecule has 30 heavy (non-hydrogen) atoms. The summed E-state index contributed by atoms with van der Waals surface area (Å²) < 4.78 is 5.88. The van der Waals surface area contributed by atoms with Crippen molar-refractivity contribution in [1.82, 2.24) is 0 Å². The quantitative estimate of drug-likeness (QED) is 0.479. The summed E-state index contributed by atoms with van der Waals surface area (Å²) in [6, 6.07) is 20.5. The minimum atomic E-state index is -0.294. The van der Waals surface area contributed by atoms with Crippen molar-refractivity contribution in [2.75, 3.05) is 5.32 Å². The number of benzene rings is 3. The molecule has 0 aliphatic heterocycles. The van der Waals surface area contributed by atoms with Crippen LogP contribution in [0.4, 0.5) is 5.69 Å². The molecule has 0 spiro atoms. The van der Waals surface area contributed by atoms with Gasteiger partial charge in [-0.15, -0.1) is 0 Å². The van der Waals surface area contributed by atoms with Gasteiger partial charge in [-0.3, -0.25) is 14.4 Å². The molecule has 4 aromatic rings. The zero-order valence-electron chi connectivity index (χ0n) is 16.6. The molecule has 4 rings (SSSR count). The van der Waals surface area contributed by atoms with Crippen LogP contribution >= 0.6 is 0 Å². The molecule has 0 atom stereocenters. The maximum Gasteiger partial charge on any atom is 0.255 e. The van der Waals surface area contributed by atoms with E-state index in [1.165, 1.54) is 13.0 Å². The van der Waals surface area contributed by atoms with Gasteiger partial charge in [0.1, 0.15) is 11.3 Å². The van der Waals surface area contributed by atoms with Gasteiger partial charge < -0.3 is 9.73 Å². The van der Waals surface area contributed by atoms with Gasteiger partial charge in [0.2, 0.25) is 0 Å². The molecular weight excluding hydrogens is 378 g/mol. The number of carbonyl (C=O) groups is 2. The Morgan fingerprint density at radius 1 is 0.867 bits per heavy atom. The van der Waals surface area contributed by atoms with Crippen LogP contribution in [0.2, 0.25) is 0 Å². The Kier molecular flexibility index (Phi) is 5.02. The van der Waals surface area contributed by atoms with Gasteiger partial charge in [-0.1, -0.05) is 35.9 Å². The summed E-state index contributed by atoms with van der Waals surface area (Å²) in [7, 11) is 0. The smallest absolute Gasteiger partial charge is 0.255 e. The monoisotopic (exact) mass is 397 g/mol. The van der Waals surface area contributed by atoms with Gasteiger partial charge >= 0.3 is 0 Å². The summed E-state index contributed by atoms with van der Waals surface area (Å²) in [5, 5.41) is 3.33. The van der Waals surface area contributed by atoms with Crippen molar-refractivity contribution in [3.8, 4) is 11.3 Å². The third kappa shape index (κ3) is 3.91. The number of Topliss-reactive ketones (excluding diaryl/α,β-unsaturated/α-hetero) is 1. The van der Waals surface area contributed by atoms with Gasteiger partial charge in [-0.25, -0.2) is 0 Å². The zero-order chi connectivity index (χ0) is 21.3. The fourth-order valence-electron chi connectivity index (χ4n) is 3.22. The van der Waals surface area contributed by atoms with E-state index in [0.29, 0.717) is 39.1 Å². The van der Waals surface area contributed by atoms with Gasteiger partial charge in [0.05, 0.1) is 5.39 Å². The SMILES string of the molecule is CC(=O)c1cccc(NC(=O)c2ccc(-c3cc(=O)c4cc(C)ccc4o3)cc2)c1. The van der Waals surface area contributed by atoms with Crippen molar-refractivity contribution in [1.29, 1.82) is 0 Å². The van der Waals surface area contributed by atoms with Crippen molar-refractivity contribution >= 4 is 28.3 Å². The predicted molar refractivity (Wildman–Crippen MR) is 117 cm³/mol. The predicted octanol–water partition coefficient (Wildman–Crippen LogP) is 5.22. The highest BCUT2D eigenvalue weighted by Gasteiger charge is 2.10. The highest BCUT2D eigenvalue weighted by atomic mass is 16.3. The largest absolute Gasteiger partial charge is 0.456 e. The zero-order valence-corrected chi connectivity index (χ0v) is 16.6. The summed E-state index contributed by atoms with van der Waals surface area (Å²) in [5.41, 5.74) is 3.64. The first kappa shape index (κ1) is 19.3. The third-order valence-electron chi connectivity index (χ3n) is 4.84. The van der Waals surface area contributed by atoms with Crippen molar-refractivity contribution in [3.63, 3.8) is 0 Å². The lowest BCUT2D eigenvalue weighted by molar-refractivity contribution is 0.101. The van der Waals surface area contributed by atoms with E-state index in [1.54, 1.807) is 60.7 Å². The molecule has 148 valence electrons. The standard InChI is InChI=1S/C25H19NO4/c1-15-6-11-23-21(12-15)22(28)14-24(30-23)17-7-9-18(10-8-17)25(29)26-20-5-3-4-19(13-20)16(2)27/h3-14H,1-2H3,(H,26,29). The third-order valence-corrected chi connectivity index (χ3v) is 4.84. The van der Waals surface area contributed by atoms with Gasteiger partial charge in [-0.05, 0) is 50.2 Å². The number of hydrogen-bond acceptors (Lipinski definition) is 4. The van der Waals surface area contributed by atoms with E-state index in [9.17, 15) is 14.4 Å². The Hall–Kier alpha value is -3.99. The first-order chi connectivity index (χ1) is 14.4. The molecule has 1 amide bonds. The number of amides is 1. The second-order valence-electron chi connectivity index (χ2n) is 7.14. The molecule has 0 radical (unpaired) electrons. The molecule has 0 unspecified atom stereocenters. The van der Waals surface area contributed by atoms with E-state index < -0.39 is 0 Å². The van der Waals surface area contributed by atoms with Gasteiger partial charge in [0.25, 0.3) is 5.91 Å². The number of carbonyl (C=O) groups excluding carboxylic acids is 2. The Balaban J connectivity index is 1.58. The second-order valence-corrected chi connectivity index (χ2v) is 7.14. The molecule has 0 aliphatic rings. The highest BCUT2D eigenvalue weighted by molar-refractivity contribution is 6.05. The molecule has 0 aliphatic carbocycles. The molecule has 1 heterocycles. The first-order valence-electron chi connectivity index (χ1n) is 9.48. The molecule has 0 saturated heterocycles. The normalized spacial score (nSPS) is 10.7. The van der Waals surface area contributed by atoms with Crippen molar-refractivity contribution < 1.29 is 14.0 Å². The van der Waals surface area contributed by atoms with Crippen LogP contribution in [-0.2, 0) is 0 Å². The number of anilines is 1. The summed E-state index contributed by atoms with van der Waals surface area (Å²) >= 11 is 0. The molecule has 5 nitrogen and oxygen atoms in total. The lowest BCUT2D eigenvalue weighted by Crippen LogP contribution is -2.12. The number of ketones is 1. The lowest BCUT2D eigenvalue weighted by atomic mass is 10.1. The van der Waals surface area contributed by atoms with Crippen molar-refractivity contribution in [2.45, 2.75) is 13.8 Å². The molecule has 1 aromatic heterocycles. The Labute approximate surface area is 173 Å². The van der Waals surface area contributed by atoms with E-state index in [2.05, 4.69) is 5.32 Å². The van der Waals surface area contributed by atoms with Crippen LogP contribution in [0.1, 0.15) is 33.2 Å². The van der Waals surface area contributed by atoms with Crippen molar-refractivity contribution in [3.05, 3.63) is 99.7 Å². The van der Waals surface area contributed by atoms with Crippen LogP contribution in [0.15, 0.2) is 82.0 Å². The molecule has 5 heteroatoms. The van der Waals surface area contributed by atoms with Crippen molar-refractivity contribution in [2.24, 2.45) is 0 Å². The van der Waals surface area contributed by atoms with E-state index in [1.807, 2.05) is 13.0 Å². The number of aryl methyl sites for hydroxylation is 1. The second kappa shape index (κ2) is 7.79. The van der Waals surface area contributed by atoms with E-state index in [0.717, 1.165) is 5.56 Å². The topological polar surface area (TPSA) is 76.4 Å². The van der Waals surface area contributed by atoms with Gasteiger partial charge in [-0.2, -0.15) is 0 Å². The average Bonchev–Trinajstić information content (AvgIpc) is 2.74. The van der Waals surface area contributed by atoms with Crippen LogP contribution in [-0.4, -0.2) is 11.7 Å². The van der Waals surface area contributed by atoms with E-state index >= 15 is 0 Å². The van der Waals surface area contributed by atoms with Crippen LogP contribution in [0.5, 0.6) is 0 Å². The van der Waals surface area contributed by atoms with Gasteiger partial charge in [0, 0.05) is 28.4 Å². The van der Waals surface area contributed by atoms with E-state index in [4.69, 9.17) is 4.42 Å². The molecule has 0 fully saturated rings. The summed E-state index contributed by atoms with van der Waals surface area (Å²) in [5.74, 6) is 0.0812. The summed E-state index contributed by atoms with van der Waals surface area (Å²) in [6.07, 6.45) is 0. The fraction of sp³-hybridized carbons (Fsp3) is 0.0800. The minimum Gasteiger partial charge on any atom is -0.456 e. The molecule has 0 bridgehead atoms.